The van der Waals surface area contributed by atoms with E-state index in [1.165, 1.54) is 9.80 Å². The lowest BCUT2D eigenvalue weighted by atomic mass is 9.85. The van der Waals surface area contributed by atoms with Crippen LogP contribution in [0.15, 0.2) is 85.2 Å². The molecule has 3 aromatic rings. The molecule has 2 aromatic carbocycles. The largest absolute Gasteiger partial charge is 0.274 e. The van der Waals surface area contributed by atoms with E-state index in [1.807, 2.05) is 36.4 Å². The lowest BCUT2D eigenvalue weighted by Gasteiger charge is -2.18. The monoisotopic (exact) mass is 554 g/mol. The Labute approximate surface area is 241 Å². The molecule has 206 valence electrons. The topological polar surface area (TPSA) is 101 Å². The van der Waals surface area contributed by atoms with Crippen molar-refractivity contribution >= 4 is 35.0 Å². The van der Waals surface area contributed by atoms with Crippen molar-refractivity contribution in [1.82, 2.24) is 9.97 Å². The molecule has 4 aliphatic carbocycles. The molecule has 6 aliphatic rings. The Morgan fingerprint density at radius 1 is 0.476 bits per heavy atom. The third-order valence-electron chi connectivity index (χ3n) is 10.4. The number of anilines is 2. The maximum Gasteiger partial charge on any atom is 0.238 e. The molecule has 8 nitrogen and oxygen atoms in total. The van der Waals surface area contributed by atoms with Gasteiger partial charge in [0, 0.05) is 23.5 Å². The summed E-state index contributed by atoms with van der Waals surface area (Å²) in [6.07, 6.45) is 13.7. The molecule has 9 rings (SSSR count). The van der Waals surface area contributed by atoms with Gasteiger partial charge in [-0.3, -0.25) is 29.0 Å². The number of allylic oxidation sites excluding steroid dienone is 4. The zero-order chi connectivity index (χ0) is 28.3. The van der Waals surface area contributed by atoms with Crippen molar-refractivity contribution in [3.05, 3.63) is 85.2 Å². The van der Waals surface area contributed by atoms with Crippen molar-refractivity contribution in [1.29, 1.82) is 0 Å². The van der Waals surface area contributed by atoms with Crippen molar-refractivity contribution in [3.63, 3.8) is 0 Å². The van der Waals surface area contributed by atoms with Gasteiger partial charge >= 0.3 is 0 Å². The zero-order valence-electron chi connectivity index (χ0n) is 22.5. The summed E-state index contributed by atoms with van der Waals surface area (Å²) in [7, 11) is 0. The lowest BCUT2D eigenvalue weighted by Crippen LogP contribution is -2.32. The molecule has 1 aromatic heterocycles. The van der Waals surface area contributed by atoms with E-state index in [0.29, 0.717) is 17.2 Å². The average molecular weight is 555 g/mol. The van der Waals surface area contributed by atoms with Gasteiger partial charge in [-0.1, -0.05) is 36.4 Å². The Morgan fingerprint density at radius 3 is 1.21 bits per heavy atom. The number of benzene rings is 2. The van der Waals surface area contributed by atoms with Crippen molar-refractivity contribution < 1.29 is 19.2 Å². The summed E-state index contributed by atoms with van der Waals surface area (Å²) in [6, 6.07) is 14.6. The number of imide groups is 2. The van der Waals surface area contributed by atoms with Gasteiger partial charge in [0.05, 0.1) is 35.0 Å². The van der Waals surface area contributed by atoms with Crippen LogP contribution in [-0.2, 0) is 19.2 Å². The van der Waals surface area contributed by atoms with Crippen molar-refractivity contribution in [2.75, 3.05) is 9.80 Å². The molecule has 4 amide bonds. The van der Waals surface area contributed by atoms with Gasteiger partial charge in [0.15, 0.2) is 5.82 Å². The molecule has 0 radical (unpaired) electrons. The molecule has 8 heteroatoms. The van der Waals surface area contributed by atoms with Crippen LogP contribution in [-0.4, -0.2) is 33.6 Å². The summed E-state index contributed by atoms with van der Waals surface area (Å²) in [5.74, 6) is 0.0362. The van der Waals surface area contributed by atoms with Crippen LogP contribution in [0.1, 0.15) is 12.8 Å². The number of fused-ring (bicyclic) bond motifs is 10. The van der Waals surface area contributed by atoms with Crippen LogP contribution < -0.4 is 9.80 Å². The van der Waals surface area contributed by atoms with E-state index in [-0.39, 0.29) is 71.0 Å². The number of carbonyl (C=O) groups excluding carboxylic acids is 4. The maximum atomic E-state index is 13.1. The highest BCUT2D eigenvalue weighted by Gasteiger charge is 2.60. The van der Waals surface area contributed by atoms with Crippen LogP contribution in [0.2, 0.25) is 0 Å². The first-order chi connectivity index (χ1) is 20.5. The minimum Gasteiger partial charge on any atom is -0.274 e. The molecule has 4 fully saturated rings. The van der Waals surface area contributed by atoms with Crippen LogP contribution >= 0.6 is 0 Å². The van der Waals surface area contributed by atoms with Crippen molar-refractivity contribution in [2.45, 2.75) is 12.8 Å². The second kappa shape index (κ2) is 8.41. The highest BCUT2D eigenvalue weighted by atomic mass is 16.2. The molecule has 2 aliphatic heterocycles. The quantitative estimate of drug-likeness (QED) is 0.349. The number of hydrogen-bond donors (Lipinski definition) is 0. The molecule has 2 saturated heterocycles. The SMILES string of the molecule is O=C1[C@@H]2[C@H](C(=O)N1c1ccc(-c3cnc(-c4ccc(N5C(=O)[C@H]6[C@H](C5=O)[C@H]5C=C[C@H]6C5)cc4)nc3)cc1)[C@H]1C=C[C@H]2C1. The van der Waals surface area contributed by atoms with E-state index < -0.39 is 0 Å². The van der Waals surface area contributed by atoms with Crippen LogP contribution in [0.4, 0.5) is 11.4 Å². The van der Waals surface area contributed by atoms with Gasteiger partial charge in [0.2, 0.25) is 23.6 Å². The number of rotatable bonds is 4. The first kappa shape index (κ1) is 23.9. The molecule has 2 saturated carbocycles. The fraction of sp³-hybridized carbons (Fsp3) is 0.294. The van der Waals surface area contributed by atoms with Gasteiger partial charge < -0.3 is 0 Å². The number of nitrogens with zero attached hydrogens (tertiary/aromatic N) is 4. The Hall–Kier alpha value is -4.72. The van der Waals surface area contributed by atoms with Gasteiger partial charge in [-0.15, -0.1) is 0 Å². The second-order valence-electron chi connectivity index (χ2n) is 12.4. The average Bonchev–Trinajstić information content (AvgIpc) is 3.87. The fourth-order valence-corrected chi connectivity index (χ4v) is 8.50. The standard InChI is InChI=1S/C34H26N4O4/c39-31-26-19-1-2-20(13-19)27(26)32(40)37(31)24-9-5-17(6-10-24)23-15-35-30(36-16-23)18-7-11-25(12-8-18)38-33(41)28-21-3-4-22(14-21)29(28)34(38)42/h1-12,15-16,19-22,26-29H,13-14H2/t19-,20-,21-,22-,26-,27+,28+,29+/m0/s1. The van der Waals surface area contributed by atoms with E-state index in [4.69, 9.17) is 0 Å². The van der Waals surface area contributed by atoms with Crippen LogP contribution in [0, 0.1) is 47.3 Å². The van der Waals surface area contributed by atoms with Crippen LogP contribution in [0.5, 0.6) is 0 Å². The van der Waals surface area contributed by atoms with Gasteiger partial charge in [0.25, 0.3) is 0 Å². The smallest absolute Gasteiger partial charge is 0.238 e. The number of amides is 4. The number of aromatic nitrogens is 2. The van der Waals surface area contributed by atoms with Gasteiger partial charge in [0.1, 0.15) is 0 Å². The predicted octanol–water partition coefficient (Wildman–Crippen LogP) is 4.43. The number of hydrogen-bond acceptors (Lipinski definition) is 6. The summed E-state index contributed by atoms with van der Waals surface area (Å²) >= 11 is 0. The molecular weight excluding hydrogens is 528 g/mol. The first-order valence-electron chi connectivity index (χ1n) is 14.6. The summed E-state index contributed by atoms with van der Waals surface area (Å²) < 4.78 is 0. The summed E-state index contributed by atoms with van der Waals surface area (Å²) in [5.41, 5.74) is 3.65. The number of carbonyl (C=O) groups is 4. The molecular formula is C34H26N4O4. The van der Waals surface area contributed by atoms with Crippen molar-refractivity contribution in [2.24, 2.45) is 47.3 Å². The molecule has 4 bridgehead atoms. The predicted molar refractivity (Wildman–Crippen MR) is 153 cm³/mol. The Bertz CT molecular complexity index is 1570. The van der Waals surface area contributed by atoms with E-state index in [2.05, 4.69) is 34.3 Å². The van der Waals surface area contributed by atoms with E-state index >= 15 is 0 Å². The molecule has 8 atom stereocenters. The van der Waals surface area contributed by atoms with Crippen LogP contribution in [0.3, 0.4) is 0 Å². The highest BCUT2D eigenvalue weighted by molar-refractivity contribution is 6.23. The van der Waals surface area contributed by atoms with E-state index in [9.17, 15) is 19.2 Å². The van der Waals surface area contributed by atoms with Crippen LogP contribution in [0.25, 0.3) is 22.5 Å². The van der Waals surface area contributed by atoms with Crippen molar-refractivity contribution in [3.8, 4) is 22.5 Å². The summed E-state index contributed by atoms with van der Waals surface area (Å²) in [4.78, 5) is 64.3. The molecule has 3 heterocycles. The Kier molecular flexibility index (Phi) is 4.79. The fourth-order valence-electron chi connectivity index (χ4n) is 8.50. The van der Waals surface area contributed by atoms with E-state index in [0.717, 1.165) is 29.5 Å². The first-order valence-corrected chi connectivity index (χ1v) is 14.6. The Balaban J connectivity index is 0.912. The maximum absolute atomic E-state index is 13.1. The van der Waals surface area contributed by atoms with E-state index in [1.54, 1.807) is 24.5 Å². The van der Waals surface area contributed by atoms with Gasteiger partial charge in [-0.25, -0.2) is 9.97 Å². The van der Waals surface area contributed by atoms with Gasteiger partial charge in [-0.05, 0) is 78.5 Å². The summed E-state index contributed by atoms with van der Waals surface area (Å²) in [6.45, 7) is 0. The Morgan fingerprint density at radius 2 is 0.833 bits per heavy atom. The molecule has 0 N–H and O–H groups in total. The molecule has 42 heavy (non-hydrogen) atoms. The molecule has 0 unspecified atom stereocenters. The van der Waals surface area contributed by atoms with Gasteiger partial charge in [-0.2, -0.15) is 0 Å². The lowest BCUT2D eigenvalue weighted by molar-refractivity contribution is -0.124. The minimum atomic E-state index is -0.222. The third-order valence-corrected chi connectivity index (χ3v) is 10.4. The normalized spacial score (nSPS) is 33.4. The molecule has 0 spiro atoms. The second-order valence-corrected chi connectivity index (χ2v) is 12.4. The highest BCUT2D eigenvalue weighted by Crippen LogP contribution is 2.54. The third kappa shape index (κ3) is 3.12. The zero-order valence-corrected chi connectivity index (χ0v) is 22.5. The summed E-state index contributed by atoms with van der Waals surface area (Å²) in [5, 5.41) is 0. The minimum absolute atomic E-state index is 0.0845.